The van der Waals surface area contributed by atoms with Gasteiger partial charge in [-0.15, -0.1) is 0 Å². The third kappa shape index (κ3) is 1.24. The van der Waals surface area contributed by atoms with Crippen molar-refractivity contribution in [3.63, 3.8) is 0 Å². The normalized spacial score (nSPS) is 16.7. The standard InChI is InChI=1S/C7H9NO3/c1-4-6(7(10)11-2)5(9)3-8-4/h9H,3H2,1-2H3. The highest BCUT2D eigenvalue weighted by molar-refractivity contribution is 6.20. The molecule has 1 rings (SSSR count). The first-order chi connectivity index (χ1) is 5.16. The van der Waals surface area contributed by atoms with E-state index >= 15 is 0 Å². The van der Waals surface area contributed by atoms with E-state index in [1.54, 1.807) is 6.92 Å². The molecule has 0 spiro atoms. The SMILES string of the molecule is COC(=O)C1=C(O)CN=C1C. The number of rotatable bonds is 1. The molecule has 0 aromatic heterocycles. The molecular weight excluding hydrogens is 146 g/mol. The summed E-state index contributed by atoms with van der Waals surface area (Å²) in [6.07, 6.45) is 0. The molecule has 0 amide bonds. The highest BCUT2D eigenvalue weighted by atomic mass is 16.5. The second-order valence-electron chi connectivity index (χ2n) is 2.21. The first kappa shape index (κ1) is 7.78. The van der Waals surface area contributed by atoms with Crippen molar-refractivity contribution in [2.45, 2.75) is 6.92 Å². The molecule has 0 aliphatic carbocycles. The lowest BCUT2D eigenvalue weighted by Crippen LogP contribution is -2.11. The third-order valence-corrected chi connectivity index (χ3v) is 1.51. The van der Waals surface area contributed by atoms with Gasteiger partial charge in [0.15, 0.2) is 0 Å². The Morgan fingerprint density at radius 1 is 1.73 bits per heavy atom. The maximum absolute atomic E-state index is 10.9. The van der Waals surface area contributed by atoms with Crippen LogP contribution < -0.4 is 0 Å². The Morgan fingerprint density at radius 2 is 2.36 bits per heavy atom. The zero-order valence-corrected chi connectivity index (χ0v) is 6.42. The summed E-state index contributed by atoms with van der Waals surface area (Å²) in [6.45, 7) is 1.85. The van der Waals surface area contributed by atoms with Crippen molar-refractivity contribution < 1.29 is 14.6 Å². The van der Waals surface area contributed by atoms with Gasteiger partial charge in [0.05, 0.1) is 19.4 Å². The summed E-state index contributed by atoms with van der Waals surface area (Å²) < 4.78 is 4.44. The first-order valence-electron chi connectivity index (χ1n) is 3.18. The Morgan fingerprint density at radius 3 is 2.73 bits per heavy atom. The monoisotopic (exact) mass is 155 g/mol. The number of hydrogen-bond donors (Lipinski definition) is 1. The number of aliphatic hydroxyl groups excluding tert-OH is 1. The Labute approximate surface area is 64.2 Å². The van der Waals surface area contributed by atoms with Crippen LogP contribution in [0.3, 0.4) is 0 Å². The Kier molecular flexibility index (Phi) is 1.94. The van der Waals surface area contributed by atoms with E-state index in [2.05, 4.69) is 9.73 Å². The van der Waals surface area contributed by atoms with Crippen LogP contribution >= 0.6 is 0 Å². The van der Waals surface area contributed by atoms with E-state index in [0.717, 1.165) is 0 Å². The van der Waals surface area contributed by atoms with Crippen LogP contribution in [0.1, 0.15) is 6.92 Å². The molecule has 0 saturated heterocycles. The molecule has 0 aromatic rings. The van der Waals surface area contributed by atoms with Crippen molar-refractivity contribution in [1.29, 1.82) is 0 Å². The molecule has 1 aliphatic heterocycles. The van der Waals surface area contributed by atoms with E-state index in [0.29, 0.717) is 5.71 Å². The molecule has 11 heavy (non-hydrogen) atoms. The number of hydrogen-bond acceptors (Lipinski definition) is 4. The Balaban J connectivity index is 2.93. The van der Waals surface area contributed by atoms with E-state index in [1.807, 2.05) is 0 Å². The van der Waals surface area contributed by atoms with Crippen molar-refractivity contribution in [2.24, 2.45) is 4.99 Å². The van der Waals surface area contributed by atoms with Crippen molar-refractivity contribution in [2.75, 3.05) is 13.7 Å². The van der Waals surface area contributed by atoms with Gasteiger partial charge in [-0.05, 0) is 6.92 Å². The molecule has 0 radical (unpaired) electrons. The Hall–Kier alpha value is -1.32. The molecule has 60 valence electrons. The Bertz CT molecular complexity index is 252. The molecule has 0 unspecified atom stereocenters. The number of aliphatic hydroxyl groups is 1. The number of ether oxygens (including phenoxy) is 1. The van der Waals surface area contributed by atoms with E-state index < -0.39 is 5.97 Å². The van der Waals surface area contributed by atoms with Gasteiger partial charge in [0.25, 0.3) is 0 Å². The van der Waals surface area contributed by atoms with Crippen molar-refractivity contribution in [3.05, 3.63) is 11.3 Å². The number of methoxy groups -OCH3 is 1. The van der Waals surface area contributed by atoms with Crippen LogP contribution in [0.15, 0.2) is 16.3 Å². The maximum Gasteiger partial charge on any atom is 0.343 e. The average molecular weight is 155 g/mol. The summed E-state index contributed by atoms with van der Waals surface area (Å²) in [6, 6.07) is 0. The largest absolute Gasteiger partial charge is 0.509 e. The number of nitrogens with zero attached hydrogens (tertiary/aromatic N) is 1. The quantitative estimate of drug-likeness (QED) is 0.559. The van der Waals surface area contributed by atoms with Crippen molar-refractivity contribution >= 4 is 11.7 Å². The van der Waals surface area contributed by atoms with Gasteiger partial charge < -0.3 is 9.84 Å². The van der Waals surface area contributed by atoms with Gasteiger partial charge in [0.2, 0.25) is 0 Å². The van der Waals surface area contributed by atoms with Crippen LogP contribution in [-0.4, -0.2) is 30.4 Å². The topological polar surface area (TPSA) is 58.9 Å². The summed E-state index contributed by atoms with van der Waals surface area (Å²) in [5, 5.41) is 9.13. The summed E-state index contributed by atoms with van der Waals surface area (Å²) in [4.78, 5) is 14.8. The average Bonchev–Trinajstić information content (AvgIpc) is 2.30. The van der Waals surface area contributed by atoms with Gasteiger partial charge in [-0.25, -0.2) is 4.79 Å². The minimum atomic E-state index is -0.527. The van der Waals surface area contributed by atoms with Crippen LogP contribution in [0, 0.1) is 0 Å². The predicted molar refractivity (Wildman–Crippen MR) is 39.6 cm³/mol. The molecule has 0 aromatic carbocycles. The number of aliphatic imine (C=N–C) groups is 1. The van der Waals surface area contributed by atoms with E-state index in [1.165, 1.54) is 7.11 Å². The lowest BCUT2D eigenvalue weighted by Gasteiger charge is -1.99. The van der Waals surface area contributed by atoms with Crippen molar-refractivity contribution in [1.82, 2.24) is 0 Å². The summed E-state index contributed by atoms with van der Waals surface area (Å²) in [7, 11) is 1.27. The van der Waals surface area contributed by atoms with Crippen molar-refractivity contribution in [3.8, 4) is 0 Å². The predicted octanol–water partition coefficient (Wildman–Crippen LogP) is 0.446. The zero-order chi connectivity index (χ0) is 8.43. The molecule has 0 fully saturated rings. The van der Waals surface area contributed by atoms with E-state index in [4.69, 9.17) is 5.11 Å². The lowest BCUT2D eigenvalue weighted by molar-refractivity contribution is -0.135. The molecule has 4 nitrogen and oxygen atoms in total. The van der Waals surface area contributed by atoms with Gasteiger partial charge in [-0.3, -0.25) is 4.99 Å². The van der Waals surface area contributed by atoms with Crippen LogP contribution in [0.5, 0.6) is 0 Å². The molecule has 4 heteroatoms. The number of carbonyl (C=O) groups excluding carboxylic acids is 1. The highest BCUT2D eigenvalue weighted by Crippen LogP contribution is 2.13. The number of carbonyl (C=O) groups is 1. The van der Waals surface area contributed by atoms with Gasteiger partial charge >= 0.3 is 5.97 Å². The number of esters is 1. The highest BCUT2D eigenvalue weighted by Gasteiger charge is 2.22. The fraction of sp³-hybridized carbons (Fsp3) is 0.429. The smallest absolute Gasteiger partial charge is 0.343 e. The van der Waals surface area contributed by atoms with Crippen LogP contribution in [0.4, 0.5) is 0 Å². The molecule has 0 bridgehead atoms. The second kappa shape index (κ2) is 2.74. The third-order valence-electron chi connectivity index (χ3n) is 1.51. The summed E-state index contributed by atoms with van der Waals surface area (Å²) in [5.74, 6) is -0.532. The van der Waals surface area contributed by atoms with E-state index in [-0.39, 0.29) is 17.9 Å². The summed E-state index contributed by atoms with van der Waals surface area (Å²) in [5.41, 5.74) is 0.738. The van der Waals surface area contributed by atoms with Gasteiger partial charge in [0, 0.05) is 0 Å². The molecule has 0 atom stereocenters. The molecule has 1 N–H and O–H groups in total. The maximum atomic E-state index is 10.9. The zero-order valence-electron chi connectivity index (χ0n) is 6.42. The molecular formula is C7H9NO3. The van der Waals surface area contributed by atoms with Crippen LogP contribution in [0.25, 0.3) is 0 Å². The summed E-state index contributed by atoms with van der Waals surface area (Å²) >= 11 is 0. The molecule has 1 aliphatic rings. The molecule has 1 heterocycles. The minimum absolute atomic E-state index is 0.00523. The lowest BCUT2D eigenvalue weighted by atomic mass is 10.2. The van der Waals surface area contributed by atoms with Gasteiger partial charge in [-0.2, -0.15) is 0 Å². The minimum Gasteiger partial charge on any atom is -0.509 e. The second-order valence-corrected chi connectivity index (χ2v) is 2.21. The molecule has 0 saturated carbocycles. The fourth-order valence-electron chi connectivity index (χ4n) is 0.928. The van der Waals surface area contributed by atoms with E-state index in [9.17, 15) is 4.79 Å². The van der Waals surface area contributed by atoms with Gasteiger partial charge in [0.1, 0.15) is 11.3 Å². The van der Waals surface area contributed by atoms with Gasteiger partial charge in [-0.1, -0.05) is 0 Å². The fourth-order valence-corrected chi connectivity index (χ4v) is 0.928. The first-order valence-corrected chi connectivity index (χ1v) is 3.18. The van der Waals surface area contributed by atoms with Crippen LogP contribution in [-0.2, 0) is 9.53 Å². The van der Waals surface area contributed by atoms with Crippen LogP contribution in [0.2, 0.25) is 0 Å².